The Labute approximate surface area is 107 Å². The predicted octanol–water partition coefficient (Wildman–Crippen LogP) is 1.20. The van der Waals surface area contributed by atoms with Crippen molar-refractivity contribution in [3.05, 3.63) is 23.8 Å². The molecule has 0 radical (unpaired) electrons. The molecule has 0 bridgehead atoms. The van der Waals surface area contributed by atoms with Crippen LogP contribution in [0.2, 0.25) is 0 Å². The number of hydrogen-bond acceptors (Lipinski definition) is 4. The predicted molar refractivity (Wildman–Crippen MR) is 69.5 cm³/mol. The van der Waals surface area contributed by atoms with E-state index in [-0.39, 0.29) is 23.1 Å². The quantitative estimate of drug-likeness (QED) is 0.633. The Morgan fingerprint density at radius 1 is 1.33 bits per heavy atom. The van der Waals surface area contributed by atoms with Crippen molar-refractivity contribution < 1.29 is 15.0 Å². The number of carbonyl (C=O) groups is 1. The first-order chi connectivity index (χ1) is 8.41. The molecule has 0 aliphatic rings. The van der Waals surface area contributed by atoms with Crippen LogP contribution >= 0.6 is 0 Å². The molecule has 5 N–H and O–H groups in total. The maximum atomic E-state index is 11.8. The first kappa shape index (κ1) is 14.3. The molecule has 1 amide bonds. The molecule has 5 heteroatoms. The molecule has 0 aliphatic carbocycles. The fraction of sp³-hybridized carbons (Fsp3) is 0.462. The van der Waals surface area contributed by atoms with Gasteiger partial charge in [-0.2, -0.15) is 0 Å². The van der Waals surface area contributed by atoms with Crippen molar-refractivity contribution in [2.24, 2.45) is 11.7 Å². The summed E-state index contributed by atoms with van der Waals surface area (Å²) in [6.07, 6.45) is 0.799. The number of rotatable bonds is 5. The van der Waals surface area contributed by atoms with Gasteiger partial charge in [-0.25, -0.2) is 0 Å². The number of phenolic OH excluding ortho intramolecular Hbond substituents is 2. The monoisotopic (exact) mass is 252 g/mol. The van der Waals surface area contributed by atoms with E-state index in [4.69, 9.17) is 5.73 Å². The van der Waals surface area contributed by atoms with Gasteiger partial charge in [-0.1, -0.05) is 19.9 Å². The van der Waals surface area contributed by atoms with Gasteiger partial charge in [0.15, 0.2) is 0 Å². The number of nitrogens with two attached hydrogens (primary N) is 1. The number of aromatic hydroxyl groups is 2. The van der Waals surface area contributed by atoms with Crippen molar-refractivity contribution in [1.82, 2.24) is 5.32 Å². The first-order valence-corrected chi connectivity index (χ1v) is 5.96. The molecule has 0 saturated carbocycles. The minimum atomic E-state index is -0.523. The lowest BCUT2D eigenvalue weighted by atomic mass is 10.0. The van der Waals surface area contributed by atoms with E-state index in [1.54, 1.807) is 0 Å². The van der Waals surface area contributed by atoms with Gasteiger partial charge in [0.05, 0.1) is 0 Å². The molecule has 1 atom stereocenters. The van der Waals surface area contributed by atoms with Crippen LogP contribution in [0.5, 0.6) is 11.5 Å². The fourth-order valence-electron chi connectivity index (χ4n) is 1.76. The van der Waals surface area contributed by atoms with Gasteiger partial charge in [0.25, 0.3) is 5.91 Å². The number of hydrogen-bond donors (Lipinski definition) is 4. The summed E-state index contributed by atoms with van der Waals surface area (Å²) in [6, 6.07) is 4.03. The number of amides is 1. The molecule has 100 valence electrons. The molecule has 0 fully saturated rings. The molecule has 1 aromatic carbocycles. The van der Waals surface area contributed by atoms with Crippen LogP contribution in [0.1, 0.15) is 30.6 Å². The zero-order valence-electron chi connectivity index (χ0n) is 10.7. The van der Waals surface area contributed by atoms with E-state index in [0.29, 0.717) is 12.5 Å². The molecule has 0 heterocycles. The van der Waals surface area contributed by atoms with Gasteiger partial charge in [-0.05, 0) is 24.5 Å². The summed E-state index contributed by atoms with van der Waals surface area (Å²) in [5.74, 6) is -0.560. The van der Waals surface area contributed by atoms with E-state index >= 15 is 0 Å². The van der Waals surface area contributed by atoms with E-state index in [1.807, 2.05) is 0 Å². The van der Waals surface area contributed by atoms with Crippen LogP contribution in [0, 0.1) is 5.92 Å². The summed E-state index contributed by atoms with van der Waals surface area (Å²) >= 11 is 0. The largest absolute Gasteiger partial charge is 0.507 e. The van der Waals surface area contributed by atoms with Gasteiger partial charge in [-0.15, -0.1) is 0 Å². The standard InChI is InChI=1S/C13H20N2O3/c1-8(2)6-9(14)7-15-13(18)12-10(16)4-3-5-11(12)17/h3-5,8-9,16-17H,6-7,14H2,1-2H3,(H,15,18). The Kier molecular flexibility index (Phi) is 4.97. The molecule has 1 unspecified atom stereocenters. The highest BCUT2D eigenvalue weighted by Crippen LogP contribution is 2.25. The van der Waals surface area contributed by atoms with Gasteiger partial charge in [-0.3, -0.25) is 4.79 Å². The summed E-state index contributed by atoms with van der Waals surface area (Å²) in [5.41, 5.74) is 5.72. The van der Waals surface area contributed by atoms with Crippen LogP contribution in [0.25, 0.3) is 0 Å². The van der Waals surface area contributed by atoms with Crippen LogP contribution in [0.4, 0.5) is 0 Å². The Bertz CT molecular complexity index is 398. The van der Waals surface area contributed by atoms with Crippen LogP contribution in [0.15, 0.2) is 18.2 Å². The van der Waals surface area contributed by atoms with Crippen molar-refractivity contribution in [2.45, 2.75) is 26.3 Å². The molecule has 0 aromatic heterocycles. The number of phenols is 2. The Morgan fingerprint density at radius 2 is 1.89 bits per heavy atom. The van der Waals surface area contributed by atoms with Crippen molar-refractivity contribution >= 4 is 5.91 Å². The number of benzene rings is 1. The van der Waals surface area contributed by atoms with Crippen LogP contribution in [0.3, 0.4) is 0 Å². The normalized spacial score (nSPS) is 12.4. The molecule has 0 aliphatic heterocycles. The molecular formula is C13H20N2O3. The van der Waals surface area contributed by atoms with E-state index in [1.165, 1.54) is 18.2 Å². The van der Waals surface area contributed by atoms with Crippen molar-refractivity contribution in [3.63, 3.8) is 0 Å². The molecule has 5 nitrogen and oxygen atoms in total. The second-order valence-electron chi connectivity index (χ2n) is 4.77. The SMILES string of the molecule is CC(C)CC(N)CNC(=O)c1c(O)cccc1O. The maximum absolute atomic E-state index is 11.8. The van der Waals surface area contributed by atoms with Gasteiger partial charge < -0.3 is 21.3 Å². The average molecular weight is 252 g/mol. The first-order valence-electron chi connectivity index (χ1n) is 5.96. The molecule has 18 heavy (non-hydrogen) atoms. The zero-order chi connectivity index (χ0) is 13.7. The molecule has 0 spiro atoms. The summed E-state index contributed by atoms with van der Waals surface area (Å²) < 4.78 is 0. The lowest BCUT2D eigenvalue weighted by molar-refractivity contribution is 0.0944. The minimum absolute atomic E-state index is 0.116. The second kappa shape index (κ2) is 6.26. The van der Waals surface area contributed by atoms with Gasteiger partial charge in [0, 0.05) is 12.6 Å². The summed E-state index contributed by atoms with van der Waals surface area (Å²) in [4.78, 5) is 11.8. The van der Waals surface area contributed by atoms with E-state index in [0.717, 1.165) is 6.42 Å². The Morgan fingerprint density at radius 3 is 2.39 bits per heavy atom. The number of nitrogens with one attached hydrogen (secondary N) is 1. The zero-order valence-corrected chi connectivity index (χ0v) is 10.7. The van der Waals surface area contributed by atoms with Crippen LogP contribution < -0.4 is 11.1 Å². The topological polar surface area (TPSA) is 95.6 Å². The van der Waals surface area contributed by atoms with Crippen molar-refractivity contribution in [3.8, 4) is 11.5 Å². The lowest BCUT2D eigenvalue weighted by Gasteiger charge is -2.15. The Balaban J connectivity index is 2.61. The van der Waals surface area contributed by atoms with Crippen LogP contribution in [-0.4, -0.2) is 28.7 Å². The average Bonchev–Trinajstić information content (AvgIpc) is 2.25. The number of carbonyl (C=O) groups excluding carboxylic acids is 1. The van der Waals surface area contributed by atoms with Crippen LogP contribution in [-0.2, 0) is 0 Å². The lowest BCUT2D eigenvalue weighted by Crippen LogP contribution is -2.38. The van der Waals surface area contributed by atoms with Gasteiger partial charge in [0.1, 0.15) is 17.1 Å². The van der Waals surface area contributed by atoms with Crippen molar-refractivity contribution in [2.75, 3.05) is 6.54 Å². The van der Waals surface area contributed by atoms with E-state index < -0.39 is 5.91 Å². The highest BCUT2D eigenvalue weighted by atomic mass is 16.3. The summed E-state index contributed by atoms with van der Waals surface area (Å²) in [5, 5.41) is 21.6. The van der Waals surface area contributed by atoms with Crippen molar-refractivity contribution in [1.29, 1.82) is 0 Å². The third-order valence-corrected chi connectivity index (χ3v) is 2.55. The molecule has 1 rings (SSSR count). The highest BCUT2D eigenvalue weighted by Gasteiger charge is 2.16. The fourth-order valence-corrected chi connectivity index (χ4v) is 1.76. The highest BCUT2D eigenvalue weighted by molar-refractivity contribution is 5.99. The van der Waals surface area contributed by atoms with E-state index in [9.17, 15) is 15.0 Å². The molecular weight excluding hydrogens is 232 g/mol. The molecule has 1 aromatic rings. The third-order valence-electron chi connectivity index (χ3n) is 2.55. The van der Waals surface area contributed by atoms with Gasteiger partial charge in [0.2, 0.25) is 0 Å². The minimum Gasteiger partial charge on any atom is -0.507 e. The summed E-state index contributed by atoms with van der Waals surface area (Å²) in [6.45, 7) is 4.41. The third kappa shape index (κ3) is 3.92. The molecule has 0 saturated heterocycles. The smallest absolute Gasteiger partial charge is 0.258 e. The Hall–Kier alpha value is -1.75. The maximum Gasteiger partial charge on any atom is 0.258 e. The van der Waals surface area contributed by atoms with Gasteiger partial charge >= 0.3 is 0 Å². The second-order valence-corrected chi connectivity index (χ2v) is 4.77. The summed E-state index contributed by atoms with van der Waals surface area (Å²) in [7, 11) is 0. The van der Waals surface area contributed by atoms with E-state index in [2.05, 4.69) is 19.2 Å².